The van der Waals surface area contributed by atoms with Gasteiger partial charge in [0.1, 0.15) is 11.6 Å². The molecule has 1 aromatic heterocycles. The highest BCUT2D eigenvalue weighted by Gasteiger charge is 2.04. The third kappa shape index (κ3) is 2.44. The van der Waals surface area contributed by atoms with Gasteiger partial charge in [-0.15, -0.1) is 11.3 Å². The Labute approximate surface area is 86.5 Å². The lowest BCUT2D eigenvalue weighted by molar-refractivity contribution is -0.114. The molecule has 0 bridgehead atoms. The summed E-state index contributed by atoms with van der Waals surface area (Å²) in [6.07, 6.45) is 2.48. The Kier molecular flexibility index (Phi) is 3.43. The third-order valence-electron chi connectivity index (χ3n) is 1.70. The maximum absolute atomic E-state index is 10.7. The Morgan fingerprint density at radius 1 is 1.71 bits per heavy atom. The Balaban J connectivity index is 2.96. The molecule has 0 saturated carbocycles. The number of nitrogens with zero attached hydrogens (tertiary/aromatic N) is 1. The molecule has 0 atom stereocenters. The normalized spacial score (nSPS) is 11.0. The van der Waals surface area contributed by atoms with Crippen LogP contribution in [0.15, 0.2) is 17.7 Å². The van der Waals surface area contributed by atoms with Crippen molar-refractivity contribution in [1.29, 1.82) is 5.26 Å². The molecule has 1 rings (SSSR count). The van der Waals surface area contributed by atoms with E-state index < -0.39 is 5.91 Å². The number of thiophene rings is 1. The lowest BCUT2D eigenvalue weighted by Crippen LogP contribution is -2.12. The van der Waals surface area contributed by atoms with Crippen molar-refractivity contribution in [2.45, 2.75) is 13.3 Å². The monoisotopic (exact) mass is 206 g/mol. The molecule has 1 amide bonds. The number of carbonyl (C=O) groups excluding carboxylic acids is 1. The Hall–Kier alpha value is -1.60. The van der Waals surface area contributed by atoms with Crippen molar-refractivity contribution in [2.24, 2.45) is 5.73 Å². The molecule has 3 nitrogen and oxygen atoms in total. The maximum Gasteiger partial charge on any atom is 0.259 e. The minimum atomic E-state index is -0.682. The van der Waals surface area contributed by atoms with Gasteiger partial charge in [-0.2, -0.15) is 5.26 Å². The second-order valence-electron chi connectivity index (χ2n) is 2.69. The summed E-state index contributed by atoms with van der Waals surface area (Å²) < 4.78 is 0. The van der Waals surface area contributed by atoms with Crippen LogP contribution in [-0.2, 0) is 11.2 Å². The molecular formula is C10H10N2OS. The Morgan fingerprint density at radius 3 is 2.86 bits per heavy atom. The Bertz CT molecular complexity index is 412. The van der Waals surface area contributed by atoms with Crippen molar-refractivity contribution >= 4 is 23.3 Å². The topological polar surface area (TPSA) is 66.9 Å². The number of aryl methyl sites for hydroxylation is 1. The van der Waals surface area contributed by atoms with E-state index in [9.17, 15) is 4.79 Å². The molecule has 0 aliphatic rings. The number of hydrogen-bond donors (Lipinski definition) is 1. The van der Waals surface area contributed by atoms with Gasteiger partial charge in [0, 0.05) is 9.75 Å². The second-order valence-corrected chi connectivity index (χ2v) is 3.89. The summed E-state index contributed by atoms with van der Waals surface area (Å²) in [5.41, 5.74) is 5.00. The van der Waals surface area contributed by atoms with E-state index in [4.69, 9.17) is 11.0 Å². The number of nitriles is 1. The van der Waals surface area contributed by atoms with Crippen LogP contribution < -0.4 is 5.73 Å². The summed E-state index contributed by atoms with van der Waals surface area (Å²) in [7, 11) is 0. The van der Waals surface area contributed by atoms with Gasteiger partial charge in [-0.3, -0.25) is 4.79 Å². The standard InChI is InChI=1S/C10H10N2OS/c1-2-8-3-4-9(14-8)5-7(6-11)10(12)13/h3-5H,2H2,1H3,(H2,12,13)/b7-5+. The van der Waals surface area contributed by atoms with Crippen LogP contribution in [0.5, 0.6) is 0 Å². The molecule has 4 heteroatoms. The first-order chi connectivity index (χ1) is 6.67. The molecular weight excluding hydrogens is 196 g/mol. The van der Waals surface area contributed by atoms with E-state index in [1.165, 1.54) is 11.0 Å². The Morgan fingerprint density at radius 2 is 2.43 bits per heavy atom. The number of primary amides is 1. The van der Waals surface area contributed by atoms with Crippen molar-refractivity contribution < 1.29 is 4.79 Å². The van der Waals surface area contributed by atoms with Gasteiger partial charge in [-0.25, -0.2) is 0 Å². The molecule has 0 fully saturated rings. The number of hydrogen-bond acceptors (Lipinski definition) is 3. The molecule has 1 aromatic rings. The van der Waals surface area contributed by atoms with Crippen molar-refractivity contribution in [2.75, 3.05) is 0 Å². The van der Waals surface area contributed by atoms with Gasteiger partial charge in [0.05, 0.1) is 0 Å². The van der Waals surface area contributed by atoms with Crippen LogP contribution >= 0.6 is 11.3 Å². The van der Waals surface area contributed by atoms with Crippen molar-refractivity contribution in [3.05, 3.63) is 27.5 Å². The van der Waals surface area contributed by atoms with Crippen molar-refractivity contribution in [3.63, 3.8) is 0 Å². The van der Waals surface area contributed by atoms with E-state index in [1.807, 2.05) is 12.1 Å². The number of carbonyl (C=O) groups is 1. The van der Waals surface area contributed by atoms with Gasteiger partial charge in [0.25, 0.3) is 5.91 Å². The summed E-state index contributed by atoms with van der Waals surface area (Å²) >= 11 is 1.56. The van der Waals surface area contributed by atoms with Gasteiger partial charge in [0.2, 0.25) is 0 Å². The molecule has 0 radical (unpaired) electrons. The van der Waals surface area contributed by atoms with Crippen LogP contribution in [-0.4, -0.2) is 5.91 Å². The number of amides is 1. The predicted octanol–water partition coefficient (Wildman–Crippen LogP) is 1.70. The van der Waals surface area contributed by atoms with Gasteiger partial charge >= 0.3 is 0 Å². The third-order valence-corrected chi connectivity index (χ3v) is 2.88. The predicted molar refractivity (Wildman–Crippen MR) is 56.5 cm³/mol. The van der Waals surface area contributed by atoms with E-state index in [1.54, 1.807) is 17.4 Å². The quantitative estimate of drug-likeness (QED) is 0.604. The molecule has 2 N–H and O–H groups in total. The molecule has 72 valence electrons. The van der Waals surface area contributed by atoms with Gasteiger partial charge in [-0.1, -0.05) is 6.92 Å². The molecule has 0 saturated heterocycles. The maximum atomic E-state index is 10.7. The number of rotatable bonds is 3. The summed E-state index contributed by atoms with van der Waals surface area (Å²) in [4.78, 5) is 12.9. The van der Waals surface area contributed by atoms with Crippen LogP contribution in [0.1, 0.15) is 16.7 Å². The van der Waals surface area contributed by atoms with E-state index >= 15 is 0 Å². The largest absolute Gasteiger partial charge is 0.365 e. The highest BCUT2D eigenvalue weighted by atomic mass is 32.1. The zero-order valence-electron chi connectivity index (χ0n) is 7.78. The average Bonchev–Trinajstić information content (AvgIpc) is 2.61. The summed E-state index contributed by atoms with van der Waals surface area (Å²) in [6, 6.07) is 5.63. The summed E-state index contributed by atoms with van der Waals surface area (Å²) in [5.74, 6) is -0.682. The minimum Gasteiger partial charge on any atom is -0.365 e. The molecule has 0 aliphatic carbocycles. The fourth-order valence-corrected chi connectivity index (χ4v) is 1.86. The van der Waals surface area contributed by atoms with Crippen molar-refractivity contribution in [1.82, 2.24) is 0 Å². The SMILES string of the molecule is CCc1ccc(/C=C(\C#N)C(N)=O)s1. The fourth-order valence-electron chi connectivity index (χ4n) is 0.963. The molecule has 0 unspecified atom stereocenters. The van der Waals surface area contributed by atoms with Crippen LogP contribution in [0.2, 0.25) is 0 Å². The molecule has 14 heavy (non-hydrogen) atoms. The van der Waals surface area contributed by atoms with E-state index in [0.717, 1.165) is 11.3 Å². The van der Waals surface area contributed by atoms with E-state index in [-0.39, 0.29) is 5.57 Å². The first-order valence-corrected chi connectivity index (χ1v) is 4.99. The van der Waals surface area contributed by atoms with E-state index in [0.29, 0.717) is 0 Å². The first-order valence-electron chi connectivity index (χ1n) is 4.17. The molecule has 1 heterocycles. The summed E-state index contributed by atoms with van der Waals surface area (Å²) in [5, 5.41) is 8.61. The number of nitrogens with two attached hydrogens (primary N) is 1. The smallest absolute Gasteiger partial charge is 0.259 e. The van der Waals surface area contributed by atoms with E-state index in [2.05, 4.69) is 6.92 Å². The highest BCUT2D eigenvalue weighted by molar-refractivity contribution is 7.12. The van der Waals surface area contributed by atoms with Crippen LogP contribution in [0.25, 0.3) is 6.08 Å². The molecule has 0 spiro atoms. The minimum absolute atomic E-state index is 0.00509. The highest BCUT2D eigenvalue weighted by Crippen LogP contribution is 2.19. The van der Waals surface area contributed by atoms with Crippen LogP contribution in [0.3, 0.4) is 0 Å². The lowest BCUT2D eigenvalue weighted by atomic mass is 10.2. The summed E-state index contributed by atoms with van der Waals surface area (Å²) in [6.45, 7) is 2.05. The van der Waals surface area contributed by atoms with Gasteiger partial charge < -0.3 is 5.73 Å². The zero-order chi connectivity index (χ0) is 10.6. The van der Waals surface area contributed by atoms with Gasteiger partial charge in [-0.05, 0) is 24.6 Å². The second kappa shape index (κ2) is 4.58. The van der Waals surface area contributed by atoms with Crippen molar-refractivity contribution in [3.8, 4) is 6.07 Å². The van der Waals surface area contributed by atoms with Gasteiger partial charge in [0.15, 0.2) is 0 Å². The average molecular weight is 206 g/mol. The molecule has 0 aliphatic heterocycles. The zero-order valence-corrected chi connectivity index (χ0v) is 8.60. The fraction of sp³-hybridized carbons (Fsp3) is 0.200. The lowest BCUT2D eigenvalue weighted by Gasteiger charge is -1.89. The molecule has 0 aromatic carbocycles. The van der Waals surface area contributed by atoms with Crippen LogP contribution in [0, 0.1) is 11.3 Å². The first kappa shape index (κ1) is 10.5. The van der Waals surface area contributed by atoms with Crippen LogP contribution in [0.4, 0.5) is 0 Å².